The first-order valence-corrected chi connectivity index (χ1v) is 8.00. The van der Waals surface area contributed by atoms with Crippen LogP contribution in [-0.4, -0.2) is 31.7 Å². The van der Waals surface area contributed by atoms with Gasteiger partial charge in [-0.25, -0.2) is 13.2 Å². The van der Waals surface area contributed by atoms with Gasteiger partial charge in [0, 0.05) is 23.9 Å². The fourth-order valence-corrected chi connectivity index (χ4v) is 2.13. The van der Waals surface area contributed by atoms with Crippen LogP contribution < -0.4 is 5.32 Å². The number of hydrogen-bond acceptors (Lipinski definition) is 4. The van der Waals surface area contributed by atoms with E-state index in [1.54, 1.807) is 12.1 Å². The molecule has 0 heterocycles. The van der Waals surface area contributed by atoms with Gasteiger partial charge in [-0.1, -0.05) is 12.1 Å². The van der Waals surface area contributed by atoms with Crippen LogP contribution in [0.2, 0.25) is 0 Å². The summed E-state index contributed by atoms with van der Waals surface area (Å²) in [6.45, 7) is 2.98. The number of carboxylic acid groups (broad SMARTS) is 1. The van der Waals surface area contributed by atoms with E-state index >= 15 is 0 Å². The first-order chi connectivity index (χ1) is 9.62. The van der Waals surface area contributed by atoms with Gasteiger partial charge in [-0.15, -0.1) is 0 Å². The van der Waals surface area contributed by atoms with E-state index in [0.717, 1.165) is 11.8 Å². The molecule has 0 radical (unpaired) electrons. The number of nitrogens with one attached hydrogen (secondary N) is 1. The van der Waals surface area contributed by atoms with Crippen molar-refractivity contribution < 1.29 is 23.1 Å². The lowest BCUT2D eigenvalue weighted by Gasteiger charge is -2.07. The van der Waals surface area contributed by atoms with E-state index in [0.29, 0.717) is 0 Å². The maximum Gasteiger partial charge on any atom is 0.331 e. The average molecular weight is 311 g/mol. The summed E-state index contributed by atoms with van der Waals surface area (Å²) in [7, 11) is -3.25. The SMILES string of the molecule is CC(C(=O)O)=C(C)C(=O)NCc1ccc(S(C)(=O)=O)cc1. The largest absolute Gasteiger partial charge is 0.478 e. The van der Waals surface area contributed by atoms with E-state index in [1.807, 2.05) is 0 Å². The average Bonchev–Trinajstić information content (AvgIpc) is 2.42. The van der Waals surface area contributed by atoms with Crippen LogP contribution >= 0.6 is 0 Å². The normalized spacial score (nSPS) is 12.5. The molecule has 114 valence electrons. The van der Waals surface area contributed by atoms with Gasteiger partial charge in [-0.3, -0.25) is 4.79 Å². The summed E-state index contributed by atoms with van der Waals surface area (Å²) in [6.07, 6.45) is 1.12. The molecule has 0 bridgehead atoms. The van der Waals surface area contributed by atoms with Gasteiger partial charge >= 0.3 is 5.97 Å². The molecule has 1 amide bonds. The summed E-state index contributed by atoms with van der Waals surface area (Å²) < 4.78 is 22.6. The predicted molar refractivity (Wildman–Crippen MR) is 77.4 cm³/mol. The highest BCUT2D eigenvalue weighted by molar-refractivity contribution is 7.90. The Morgan fingerprint density at radius 1 is 1.10 bits per heavy atom. The molecule has 6 nitrogen and oxygen atoms in total. The Morgan fingerprint density at radius 3 is 2.05 bits per heavy atom. The van der Waals surface area contributed by atoms with Crippen LogP contribution in [0.15, 0.2) is 40.3 Å². The maximum atomic E-state index is 11.8. The molecule has 1 aromatic carbocycles. The molecule has 7 heteroatoms. The first kappa shape index (κ1) is 16.9. The lowest BCUT2D eigenvalue weighted by molar-refractivity contribution is -0.133. The van der Waals surface area contributed by atoms with Crippen LogP contribution in [0, 0.1) is 0 Å². The Hall–Kier alpha value is -2.15. The van der Waals surface area contributed by atoms with E-state index in [-0.39, 0.29) is 22.6 Å². The Labute approximate surface area is 123 Å². The zero-order valence-electron chi connectivity index (χ0n) is 12.0. The fraction of sp³-hybridized carbons (Fsp3) is 0.286. The third-order valence-corrected chi connectivity index (χ3v) is 4.16. The zero-order chi connectivity index (χ0) is 16.2. The van der Waals surface area contributed by atoms with E-state index < -0.39 is 21.7 Å². The second kappa shape index (κ2) is 6.53. The Balaban J connectivity index is 2.75. The molecule has 0 aromatic heterocycles. The Bertz CT molecular complexity index is 687. The van der Waals surface area contributed by atoms with Crippen molar-refractivity contribution in [2.24, 2.45) is 0 Å². The van der Waals surface area contributed by atoms with Crippen molar-refractivity contribution in [2.45, 2.75) is 25.3 Å². The van der Waals surface area contributed by atoms with Crippen molar-refractivity contribution in [3.63, 3.8) is 0 Å². The van der Waals surface area contributed by atoms with Crippen LogP contribution in [0.3, 0.4) is 0 Å². The van der Waals surface area contributed by atoms with E-state index in [2.05, 4.69) is 5.32 Å². The minimum Gasteiger partial charge on any atom is -0.478 e. The summed E-state index contributed by atoms with van der Waals surface area (Å²) in [5.74, 6) is -1.61. The number of sulfone groups is 1. The number of amides is 1. The second-order valence-electron chi connectivity index (χ2n) is 4.65. The Kier molecular flexibility index (Phi) is 5.26. The van der Waals surface area contributed by atoms with Crippen molar-refractivity contribution in [3.05, 3.63) is 41.0 Å². The van der Waals surface area contributed by atoms with Crippen molar-refractivity contribution in [2.75, 3.05) is 6.26 Å². The van der Waals surface area contributed by atoms with Crippen LogP contribution in [-0.2, 0) is 26.0 Å². The number of aliphatic carboxylic acids is 1. The third-order valence-electron chi connectivity index (χ3n) is 3.03. The van der Waals surface area contributed by atoms with Crippen LogP contribution in [0.25, 0.3) is 0 Å². The molecule has 1 aromatic rings. The lowest BCUT2D eigenvalue weighted by atomic mass is 10.1. The van der Waals surface area contributed by atoms with Crippen molar-refractivity contribution >= 4 is 21.7 Å². The summed E-state index contributed by atoms with van der Waals surface area (Å²) in [5.41, 5.74) is 0.840. The van der Waals surface area contributed by atoms with Crippen molar-refractivity contribution in [1.82, 2.24) is 5.32 Å². The number of carbonyl (C=O) groups excluding carboxylic acids is 1. The third kappa shape index (κ3) is 4.71. The summed E-state index contributed by atoms with van der Waals surface area (Å²) in [4.78, 5) is 22.7. The molecular weight excluding hydrogens is 294 g/mol. The van der Waals surface area contributed by atoms with E-state index in [4.69, 9.17) is 5.11 Å². The molecule has 0 saturated carbocycles. The van der Waals surface area contributed by atoms with Crippen LogP contribution in [0.4, 0.5) is 0 Å². The first-order valence-electron chi connectivity index (χ1n) is 6.11. The maximum absolute atomic E-state index is 11.8. The minimum atomic E-state index is -3.25. The number of carbonyl (C=O) groups is 2. The van der Waals surface area contributed by atoms with Crippen LogP contribution in [0.1, 0.15) is 19.4 Å². The number of benzene rings is 1. The molecule has 0 aliphatic heterocycles. The number of carboxylic acids is 1. The van der Waals surface area contributed by atoms with Crippen molar-refractivity contribution in [1.29, 1.82) is 0 Å². The highest BCUT2D eigenvalue weighted by Gasteiger charge is 2.12. The minimum absolute atomic E-state index is 0.0140. The van der Waals surface area contributed by atoms with Crippen molar-refractivity contribution in [3.8, 4) is 0 Å². The molecule has 2 N–H and O–H groups in total. The monoisotopic (exact) mass is 311 g/mol. The molecular formula is C14H17NO5S. The molecule has 0 atom stereocenters. The van der Waals surface area contributed by atoms with E-state index in [1.165, 1.54) is 26.0 Å². The smallest absolute Gasteiger partial charge is 0.331 e. The van der Waals surface area contributed by atoms with Gasteiger partial charge < -0.3 is 10.4 Å². The molecule has 1 rings (SSSR count). The fourth-order valence-electron chi connectivity index (χ4n) is 1.50. The highest BCUT2D eigenvalue weighted by atomic mass is 32.2. The van der Waals surface area contributed by atoms with Gasteiger partial charge in [0.2, 0.25) is 5.91 Å². The molecule has 0 saturated heterocycles. The Morgan fingerprint density at radius 2 is 1.62 bits per heavy atom. The second-order valence-corrected chi connectivity index (χ2v) is 6.67. The predicted octanol–water partition coefficient (Wildman–Crippen LogP) is 1.13. The van der Waals surface area contributed by atoms with Gasteiger partial charge in [0.05, 0.1) is 4.90 Å². The summed E-state index contributed by atoms with van der Waals surface area (Å²) >= 11 is 0. The molecule has 0 aliphatic carbocycles. The zero-order valence-corrected chi connectivity index (χ0v) is 12.8. The molecule has 0 fully saturated rings. The summed E-state index contributed by atoms with van der Waals surface area (Å²) in [5, 5.41) is 11.4. The number of rotatable bonds is 5. The molecule has 0 unspecified atom stereocenters. The van der Waals surface area contributed by atoms with Crippen LogP contribution in [0.5, 0.6) is 0 Å². The van der Waals surface area contributed by atoms with Gasteiger partial charge in [0.15, 0.2) is 9.84 Å². The molecule has 0 spiro atoms. The highest BCUT2D eigenvalue weighted by Crippen LogP contribution is 2.10. The quantitative estimate of drug-likeness (QED) is 0.794. The van der Waals surface area contributed by atoms with Gasteiger partial charge in [0.1, 0.15) is 0 Å². The van der Waals surface area contributed by atoms with E-state index in [9.17, 15) is 18.0 Å². The van der Waals surface area contributed by atoms with Gasteiger partial charge in [-0.05, 0) is 31.5 Å². The molecule has 21 heavy (non-hydrogen) atoms. The topological polar surface area (TPSA) is 101 Å². The number of hydrogen-bond donors (Lipinski definition) is 2. The lowest BCUT2D eigenvalue weighted by Crippen LogP contribution is -2.25. The molecule has 0 aliphatic rings. The van der Waals surface area contributed by atoms with Gasteiger partial charge in [-0.2, -0.15) is 0 Å². The summed E-state index contributed by atoms with van der Waals surface area (Å²) in [6, 6.07) is 6.11. The van der Waals surface area contributed by atoms with Gasteiger partial charge in [0.25, 0.3) is 0 Å². The standard InChI is InChI=1S/C14H17NO5S/c1-9(10(2)14(17)18)13(16)15-8-11-4-6-12(7-5-11)21(3,19)20/h4-7H,8H2,1-3H3,(H,15,16)(H,17,18).